The number of hydrogen-bond acceptors (Lipinski definition) is 6. The first-order valence-corrected chi connectivity index (χ1v) is 10.0. The minimum atomic E-state index is -1.46. The standard InChI is InChI=1S/C23H30O6/c1-14(2)11-15-7-9-16(10-8-15)12-17-5-3-4-6-18(17)28-22-21(26)20(25)19(13-24)29-23(22)27/h3-10,14,19-27H,11-13H2,1-2H3/t19-,20-,21+,22-,23-/m1/s1. The number of benzene rings is 2. The smallest absolute Gasteiger partial charge is 0.195 e. The number of hydrogen-bond donors (Lipinski definition) is 4. The fourth-order valence-corrected chi connectivity index (χ4v) is 3.59. The Morgan fingerprint density at radius 3 is 2.24 bits per heavy atom. The molecule has 1 aliphatic rings. The van der Waals surface area contributed by atoms with E-state index in [1.807, 2.05) is 12.1 Å². The first-order chi connectivity index (χ1) is 13.9. The first-order valence-electron chi connectivity index (χ1n) is 10.0. The van der Waals surface area contributed by atoms with Crippen molar-refractivity contribution in [1.82, 2.24) is 0 Å². The lowest BCUT2D eigenvalue weighted by molar-refractivity contribution is -0.280. The fourth-order valence-electron chi connectivity index (χ4n) is 3.59. The van der Waals surface area contributed by atoms with Crippen LogP contribution in [0.1, 0.15) is 30.5 Å². The van der Waals surface area contributed by atoms with E-state index in [0.717, 1.165) is 17.5 Å². The van der Waals surface area contributed by atoms with Gasteiger partial charge in [0.15, 0.2) is 12.4 Å². The van der Waals surface area contributed by atoms with Crippen molar-refractivity contribution in [2.24, 2.45) is 5.92 Å². The summed E-state index contributed by atoms with van der Waals surface area (Å²) in [4.78, 5) is 0. The molecule has 4 N–H and O–H groups in total. The second kappa shape index (κ2) is 9.69. The first kappa shape index (κ1) is 21.7. The molecule has 5 atom stereocenters. The van der Waals surface area contributed by atoms with Crippen LogP contribution in [0, 0.1) is 5.92 Å². The quantitative estimate of drug-likeness (QED) is 0.562. The van der Waals surface area contributed by atoms with Crippen molar-refractivity contribution in [1.29, 1.82) is 0 Å². The molecule has 0 bridgehead atoms. The van der Waals surface area contributed by atoms with Crippen molar-refractivity contribution in [2.45, 2.75) is 57.4 Å². The molecule has 0 aliphatic carbocycles. The Morgan fingerprint density at radius 2 is 1.59 bits per heavy atom. The van der Waals surface area contributed by atoms with Crippen LogP contribution in [0.3, 0.4) is 0 Å². The maximum absolute atomic E-state index is 10.3. The predicted octanol–water partition coefficient (Wildman–Crippen LogP) is 1.65. The highest BCUT2D eigenvalue weighted by Crippen LogP contribution is 2.28. The van der Waals surface area contributed by atoms with Gasteiger partial charge in [-0.25, -0.2) is 0 Å². The molecule has 29 heavy (non-hydrogen) atoms. The molecule has 0 unspecified atom stereocenters. The van der Waals surface area contributed by atoms with Gasteiger partial charge in [0.1, 0.15) is 24.1 Å². The minimum Gasteiger partial charge on any atom is -0.482 e. The molecule has 0 saturated carbocycles. The number of aliphatic hydroxyl groups excluding tert-OH is 4. The average Bonchev–Trinajstić information content (AvgIpc) is 2.70. The lowest BCUT2D eigenvalue weighted by atomic mass is 9.98. The monoisotopic (exact) mass is 402 g/mol. The van der Waals surface area contributed by atoms with E-state index in [1.54, 1.807) is 12.1 Å². The zero-order valence-electron chi connectivity index (χ0n) is 16.8. The Hall–Kier alpha value is -1.96. The van der Waals surface area contributed by atoms with E-state index in [-0.39, 0.29) is 0 Å². The summed E-state index contributed by atoms with van der Waals surface area (Å²) in [5, 5.41) is 39.8. The van der Waals surface area contributed by atoms with Gasteiger partial charge in [-0.05, 0) is 35.1 Å². The Kier molecular flexibility index (Phi) is 7.27. The molecule has 0 spiro atoms. The second-order valence-electron chi connectivity index (χ2n) is 8.01. The van der Waals surface area contributed by atoms with Crippen LogP contribution in [-0.2, 0) is 17.6 Å². The maximum atomic E-state index is 10.3. The Labute approximate surface area is 171 Å². The summed E-state index contributed by atoms with van der Waals surface area (Å²) in [6.07, 6.45) is -4.77. The second-order valence-corrected chi connectivity index (χ2v) is 8.01. The van der Waals surface area contributed by atoms with Gasteiger partial charge in [0.05, 0.1) is 6.61 Å². The van der Waals surface area contributed by atoms with Crippen molar-refractivity contribution < 1.29 is 29.9 Å². The Bertz CT molecular complexity index is 775. The zero-order chi connectivity index (χ0) is 21.0. The van der Waals surface area contributed by atoms with Crippen LogP contribution in [0.15, 0.2) is 48.5 Å². The van der Waals surface area contributed by atoms with Crippen LogP contribution in [0.2, 0.25) is 0 Å². The topological polar surface area (TPSA) is 99.4 Å². The van der Waals surface area contributed by atoms with Gasteiger partial charge in [0.25, 0.3) is 0 Å². The lowest BCUT2D eigenvalue weighted by Crippen LogP contribution is -2.60. The van der Waals surface area contributed by atoms with Gasteiger partial charge in [0.2, 0.25) is 0 Å². The van der Waals surface area contributed by atoms with Gasteiger partial charge in [-0.15, -0.1) is 0 Å². The molecule has 0 radical (unpaired) electrons. The van der Waals surface area contributed by atoms with Crippen LogP contribution < -0.4 is 4.74 Å². The van der Waals surface area contributed by atoms with E-state index >= 15 is 0 Å². The summed E-state index contributed by atoms with van der Waals surface area (Å²) < 4.78 is 11.0. The highest BCUT2D eigenvalue weighted by atomic mass is 16.7. The number of rotatable bonds is 7. The molecule has 1 aliphatic heterocycles. The number of para-hydroxylation sites is 1. The van der Waals surface area contributed by atoms with Crippen LogP contribution in [0.4, 0.5) is 0 Å². The van der Waals surface area contributed by atoms with Crippen molar-refractivity contribution in [3.63, 3.8) is 0 Å². The van der Waals surface area contributed by atoms with Gasteiger partial charge >= 0.3 is 0 Å². The van der Waals surface area contributed by atoms with Gasteiger partial charge in [-0.1, -0.05) is 56.3 Å². The van der Waals surface area contributed by atoms with Crippen molar-refractivity contribution >= 4 is 0 Å². The number of ether oxygens (including phenoxy) is 2. The summed E-state index contributed by atoms with van der Waals surface area (Å²) in [5.74, 6) is 1.10. The Morgan fingerprint density at radius 1 is 0.931 bits per heavy atom. The largest absolute Gasteiger partial charge is 0.482 e. The molecule has 2 aromatic rings. The third kappa shape index (κ3) is 5.35. The van der Waals surface area contributed by atoms with Crippen molar-refractivity contribution in [3.05, 3.63) is 65.2 Å². The fraction of sp³-hybridized carbons (Fsp3) is 0.478. The molecule has 0 aromatic heterocycles. The summed E-state index contributed by atoms with van der Waals surface area (Å²) >= 11 is 0. The molecule has 1 heterocycles. The normalized spacial score (nSPS) is 27.2. The van der Waals surface area contributed by atoms with Gasteiger partial charge in [-0.2, -0.15) is 0 Å². The van der Waals surface area contributed by atoms with E-state index in [0.29, 0.717) is 18.1 Å². The van der Waals surface area contributed by atoms with Gasteiger partial charge in [0, 0.05) is 6.42 Å². The van der Waals surface area contributed by atoms with E-state index in [9.17, 15) is 20.4 Å². The van der Waals surface area contributed by atoms with E-state index in [2.05, 4.69) is 38.1 Å². The maximum Gasteiger partial charge on any atom is 0.195 e. The van der Waals surface area contributed by atoms with Crippen LogP contribution in [0.5, 0.6) is 5.75 Å². The van der Waals surface area contributed by atoms with Crippen LogP contribution in [-0.4, -0.2) is 57.7 Å². The predicted molar refractivity (Wildman–Crippen MR) is 109 cm³/mol. The molecule has 2 aromatic carbocycles. The third-order valence-electron chi connectivity index (χ3n) is 5.14. The summed E-state index contributed by atoms with van der Waals surface area (Å²) in [7, 11) is 0. The SMILES string of the molecule is CC(C)Cc1ccc(Cc2ccccc2O[C@@H]2[C@@H](O)[C@H](O)[C@@H](CO)O[C@H]2O)cc1. The molecular formula is C23H30O6. The molecular weight excluding hydrogens is 372 g/mol. The molecule has 1 saturated heterocycles. The van der Waals surface area contributed by atoms with Crippen molar-refractivity contribution in [3.8, 4) is 5.75 Å². The molecule has 1 fully saturated rings. The van der Waals surface area contributed by atoms with E-state index in [4.69, 9.17) is 9.47 Å². The molecule has 6 heteroatoms. The minimum absolute atomic E-state index is 0.500. The molecule has 6 nitrogen and oxygen atoms in total. The molecule has 0 amide bonds. The highest BCUT2D eigenvalue weighted by Gasteiger charge is 2.45. The number of aliphatic hydroxyl groups is 4. The van der Waals surface area contributed by atoms with Gasteiger partial charge in [-0.3, -0.25) is 0 Å². The zero-order valence-corrected chi connectivity index (χ0v) is 16.8. The van der Waals surface area contributed by atoms with Crippen LogP contribution >= 0.6 is 0 Å². The van der Waals surface area contributed by atoms with Crippen LogP contribution in [0.25, 0.3) is 0 Å². The molecule has 158 valence electrons. The van der Waals surface area contributed by atoms with Gasteiger partial charge < -0.3 is 29.9 Å². The highest BCUT2D eigenvalue weighted by molar-refractivity contribution is 5.38. The summed E-state index contributed by atoms with van der Waals surface area (Å²) in [6, 6.07) is 15.8. The average molecular weight is 402 g/mol. The molecule has 3 rings (SSSR count). The van der Waals surface area contributed by atoms with E-state index in [1.165, 1.54) is 5.56 Å². The van der Waals surface area contributed by atoms with E-state index < -0.39 is 37.3 Å². The lowest BCUT2D eigenvalue weighted by Gasteiger charge is -2.40. The Balaban J connectivity index is 1.74. The summed E-state index contributed by atoms with van der Waals surface area (Å²) in [6.45, 7) is 3.88. The van der Waals surface area contributed by atoms with Crippen molar-refractivity contribution in [2.75, 3.05) is 6.61 Å². The summed E-state index contributed by atoms with van der Waals surface area (Å²) in [5.41, 5.74) is 3.31. The third-order valence-corrected chi connectivity index (χ3v) is 5.14.